The highest BCUT2D eigenvalue weighted by atomic mass is 32.1. The van der Waals surface area contributed by atoms with E-state index in [1.807, 2.05) is 61.0 Å². The minimum Gasteiger partial charge on any atom is -0.320 e. The van der Waals surface area contributed by atoms with Gasteiger partial charge in [0, 0.05) is 17.8 Å². The van der Waals surface area contributed by atoms with E-state index in [-0.39, 0.29) is 5.91 Å². The van der Waals surface area contributed by atoms with Crippen molar-refractivity contribution in [3.8, 4) is 10.6 Å². The van der Waals surface area contributed by atoms with Crippen LogP contribution in [0.25, 0.3) is 20.8 Å². The monoisotopic (exact) mass is 362 g/mol. The smallest absolute Gasteiger partial charge is 0.276 e. The average Bonchev–Trinajstić information content (AvgIpc) is 3.25. The minimum absolute atomic E-state index is 0.214. The van der Waals surface area contributed by atoms with Crippen LogP contribution in [0, 0.1) is 6.92 Å². The molecule has 0 aliphatic rings. The predicted molar refractivity (Wildman–Crippen MR) is 106 cm³/mol. The van der Waals surface area contributed by atoms with Gasteiger partial charge in [0.15, 0.2) is 5.69 Å². The molecule has 130 valence electrons. The number of carbonyl (C=O) groups excluding carboxylic acids is 1. The van der Waals surface area contributed by atoms with Crippen LogP contribution in [0.1, 0.15) is 23.1 Å². The van der Waals surface area contributed by atoms with Crippen molar-refractivity contribution in [3.05, 3.63) is 66.0 Å². The predicted octanol–water partition coefficient (Wildman–Crippen LogP) is 4.74. The second kappa shape index (κ2) is 6.72. The van der Waals surface area contributed by atoms with E-state index in [2.05, 4.69) is 16.5 Å². The molecule has 6 heteroatoms. The molecule has 0 saturated carbocycles. The van der Waals surface area contributed by atoms with E-state index in [1.54, 1.807) is 17.4 Å². The fourth-order valence-electron chi connectivity index (χ4n) is 2.89. The molecule has 0 saturated heterocycles. The van der Waals surface area contributed by atoms with Crippen molar-refractivity contribution >= 4 is 33.1 Å². The van der Waals surface area contributed by atoms with Gasteiger partial charge < -0.3 is 5.32 Å². The first-order chi connectivity index (χ1) is 12.7. The molecule has 2 aromatic heterocycles. The summed E-state index contributed by atoms with van der Waals surface area (Å²) in [6.07, 6.45) is 0. The summed E-state index contributed by atoms with van der Waals surface area (Å²) in [7, 11) is 0. The SMILES string of the molecule is CCn1nc(C(=O)Nc2ccccc2-c2nc3ccccc3s2)cc1C. The molecule has 0 spiro atoms. The second-order valence-corrected chi connectivity index (χ2v) is 7.00. The minimum atomic E-state index is -0.214. The van der Waals surface area contributed by atoms with E-state index < -0.39 is 0 Å². The van der Waals surface area contributed by atoms with Gasteiger partial charge in [0.05, 0.1) is 15.9 Å². The highest BCUT2D eigenvalue weighted by Crippen LogP contribution is 2.34. The lowest BCUT2D eigenvalue weighted by Gasteiger charge is -2.08. The van der Waals surface area contributed by atoms with Gasteiger partial charge in [-0.1, -0.05) is 24.3 Å². The molecule has 1 amide bonds. The molecule has 4 aromatic rings. The molecule has 0 atom stereocenters. The molecule has 1 N–H and O–H groups in total. The molecule has 0 fully saturated rings. The van der Waals surface area contributed by atoms with Gasteiger partial charge in [-0.25, -0.2) is 4.98 Å². The maximum absolute atomic E-state index is 12.6. The van der Waals surface area contributed by atoms with E-state index in [9.17, 15) is 4.79 Å². The Morgan fingerprint density at radius 1 is 1.15 bits per heavy atom. The third-order valence-corrected chi connectivity index (χ3v) is 5.28. The number of carbonyl (C=O) groups is 1. The fourth-order valence-corrected chi connectivity index (χ4v) is 3.90. The standard InChI is InChI=1S/C20H18N4OS/c1-3-24-13(2)12-17(23-24)19(25)21-15-9-5-4-8-14(15)20-22-16-10-6-7-11-18(16)26-20/h4-12H,3H2,1-2H3,(H,21,25). The van der Waals surface area contributed by atoms with Gasteiger partial charge in [0.25, 0.3) is 5.91 Å². The number of rotatable bonds is 4. The van der Waals surface area contributed by atoms with E-state index in [1.165, 1.54) is 0 Å². The Labute approximate surface area is 155 Å². The summed E-state index contributed by atoms with van der Waals surface area (Å²) in [6.45, 7) is 4.69. The quantitative estimate of drug-likeness (QED) is 0.570. The number of thiazole rings is 1. The highest BCUT2D eigenvalue weighted by Gasteiger charge is 2.16. The van der Waals surface area contributed by atoms with Crippen LogP contribution < -0.4 is 5.32 Å². The van der Waals surface area contributed by atoms with Gasteiger partial charge in [0.1, 0.15) is 5.01 Å². The highest BCUT2D eigenvalue weighted by molar-refractivity contribution is 7.21. The van der Waals surface area contributed by atoms with Crippen LogP contribution >= 0.6 is 11.3 Å². The molecule has 2 heterocycles. The molecule has 26 heavy (non-hydrogen) atoms. The van der Waals surface area contributed by atoms with Crippen LogP contribution in [0.3, 0.4) is 0 Å². The number of para-hydroxylation sites is 2. The van der Waals surface area contributed by atoms with Crippen molar-refractivity contribution in [1.82, 2.24) is 14.8 Å². The van der Waals surface area contributed by atoms with Crippen LogP contribution in [0.15, 0.2) is 54.6 Å². The summed E-state index contributed by atoms with van der Waals surface area (Å²) < 4.78 is 2.94. The van der Waals surface area contributed by atoms with Crippen molar-refractivity contribution in [2.45, 2.75) is 20.4 Å². The van der Waals surface area contributed by atoms with Crippen LogP contribution in [0.5, 0.6) is 0 Å². The van der Waals surface area contributed by atoms with Gasteiger partial charge >= 0.3 is 0 Å². The number of hydrogen-bond donors (Lipinski definition) is 1. The van der Waals surface area contributed by atoms with Crippen LogP contribution in [-0.2, 0) is 6.54 Å². The first kappa shape index (κ1) is 16.5. The normalized spacial score (nSPS) is 11.0. The van der Waals surface area contributed by atoms with Gasteiger partial charge in [-0.3, -0.25) is 9.48 Å². The Morgan fingerprint density at radius 3 is 2.69 bits per heavy atom. The Morgan fingerprint density at radius 2 is 1.92 bits per heavy atom. The summed E-state index contributed by atoms with van der Waals surface area (Å²) in [5, 5.41) is 8.23. The number of fused-ring (bicyclic) bond motifs is 1. The molecule has 0 radical (unpaired) electrons. The number of nitrogens with one attached hydrogen (secondary N) is 1. The molecule has 2 aromatic carbocycles. The van der Waals surface area contributed by atoms with E-state index >= 15 is 0 Å². The largest absolute Gasteiger partial charge is 0.320 e. The maximum atomic E-state index is 12.6. The number of aryl methyl sites for hydroxylation is 2. The van der Waals surface area contributed by atoms with Crippen LogP contribution in [0.2, 0.25) is 0 Å². The Kier molecular flexibility index (Phi) is 4.26. The van der Waals surface area contributed by atoms with Gasteiger partial charge in [0.2, 0.25) is 0 Å². The average molecular weight is 362 g/mol. The van der Waals surface area contributed by atoms with Crippen molar-refractivity contribution in [1.29, 1.82) is 0 Å². The number of benzene rings is 2. The summed E-state index contributed by atoms with van der Waals surface area (Å²) in [6, 6.07) is 17.6. The lowest BCUT2D eigenvalue weighted by molar-refractivity contribution is 0.102. The van der Waals surface area contributed by atoms with Gasteiger partial charge in [-0.2, -0.15) is 5.10 Å². The van der Waals surface area contributed by atoms with E-state index in [0.29, 0.717) is 5.69 Å². The van der Waals surface area contributed by atoms with Crippen molar-refractivity contribution in [2.75, 3.05) is 5.32 Å². The van der Waals surface area contributed by atoms with Gasteiger partial charge in [-0.15, -0.1) is 11.3 Å². The number of nitrogens with zero attached hydrogens (tertiary/aromatic N) is 3. The van der Waals surface area contributed by atoms with Crippen molar-refractivity contribution < 1.29 is 4.79 Å². The Hall–Kier alpha value is -2.99. The molecule has 0 aliphatic heterocycles. The molecule has 5 nitrogen and oxygen atoms in total. The molecular weight excluding hydrogens is 344 g/mol. The zero-order chi connectivity index (χ0) is 18.1. The summed E-state index contributed by atoms with van der Waals surface area (Å²) >= 11 is 1.62. The Bertz CT molecular complexity index is 1060. The zero-order valence-corrected chi connectivity index (χ0v) is 15.4. The number of hydrogen-bond acceptors (Lipinski definition) is 4. The molecule has 0 bridgehead atoms. The number of amides is 1. The van der Waals surface area contributed by atoms with Crippen LogP contribution in [-0.4, -0.2) is 20.7 Å². The summed E-state index contributed by atoms with van der Waals surface area (Å²) in [5.41, 5.74) is 4.00. The summed E-state index contributed by atoms with van der Waals surface area (Å²) in [4.78, 5) is 17.3. The third kappa shape index (κ3) is 2.99. The van der Waals surface area contributed by atoms with Crippen molar-refractivity contribution in [2.24, 2.45) is 0 Å². The first-order valence-electron chi connectivity index (χ1n) is 8.46. The van der Waals surface area contributed by atoms with Crippen LogP contribution in [0.4, 0.5) is 5.69 Å². The number of aromatic nitrogens is 3. The lowest BCUT2D eigenvalue weighted by atomic mass is 10.2. The van der Waals surface area contributed by atoms with E-state index in [0.717, 1.165) is 38.7 Å². The number of anilines is 1. The Balaban J connectivity index is 1.68. The summed E-state index contributed by atoms with van der Waals surface area (Å²) in [5.74, 6) is -0.214. The maximum Gasteiger partial charge on any atom is 0.276 e. The molecule has 0 unspecified atom stereocenters. The second-order valence-electron chi connectivity index (χ2n) is 5.97. The fraction of sp³-hybridized carbons (Fsp3) is 0.150. The third-order valence-electron chi connectivity index (χ3n) is 4.21. The molecule has 0 aliphatic carbocycles. The molecule has 4 rings (SSSR count). The lowest BCUT2D eigenvalue weighted by Crippen LogP contribution is -2.14. The van der Waals surface area contributed by atoms with Gasteiger partial charge in [-0.05, 0) is 44.2 Å². The first-order valence-corrected chi connectivity index (χ1v) is 9.28. The molecular formula is C20H18N4OS. The van der Waals surface area contributed by atoms with Crippen molar-refractivity contribution in [3.63, 3.8) is 0 Å². The zero-order valence-electron chi connectivity index (χ0n) is 14.6. The topological polar surface area (TPSA) is 59.8 Å². The van der Waals surface area contributed by atoms with E-state index in [4.69, 9.17) is 4.98 Å².